The molecule has 0 aliphatic heterocycles. The van der Waals surface area contributed by atoms with Crippen LogP contribution in [0.3, 0.4) is 0 Å². The fourth-order valence-electron chi connectivity index (χ4n) is 7.16. The predicted octanol–water partition coefficient (Wildman–Crippen LogP) is 2.44. The van der Waals surface area contributed by atoms with Gasteiger partial charge in [0.25, 0.3) is 11.9 Å². The number of benzene rings is 2. The first-order valence-electron chi connectivity index (χ1n) is 14.8. The van der Waals surface area contributed by atoms with E-state index in [2.05, 4.69) is 10.3 Å². The Labute approximate surface area is 268 Å². The molecule has 246 valence electrons. The van der Waals surface area contributed by atoms with E-state index < -0.39 is 58.0 Å². The van der Waals surface area contributed by atoms with Crippen LogP contribution in [0.2, 0.25) is 0 Å². The first kappa shape index (κ1) is 31.8. The van der Waals surface area contributed by atoms with Gasteiger partial charge in [-0.25, -0.2) is 4.39 Å². The topological polar surface area (TPSA) is 203 Å². The van der Waals surface area contributed by atoms with Gasteiger partial charge in [-0.05, 0) is 68.8 Å². The number of aliphatic hydroxyl groups is 3. The average molecular weight is 648 g/mol. The fraction of sp³-hybridized carbons (Fsp3) is 0.333. The maximum absolute atomic E-state index is 14.2. The number of anilines is 2. The highest BCUT2D eigenvalue weighted by Gasteiger charge is 2.64. The molecule has 3 aliphatic carbocycles. The minimum absolute atomic E-state index is 0.0107. The van der Waals surface area contributed by atoms with E-state index in [-0.39, 0.29) is 48.1 Å². The lowest BCUT2D eigenvalue weighted by Gasteiger charge is -2.50. The molecule has 14 heteroatoms. The van der Waals surface area contributed by atoms with Crippen molar-refractivity contribution in [3.8, 4) is 17.0 Å². The molecular weight excluding hydrogens is 613 g/mol. The van der Waals surface area contributed by atoms with Crippen molar-refractivity contribution >= 4 is 34.9 Å². The SMILES string of the molecule is CN(C)c1cc(CNc2nc(-c3ccc(F)cc3)co2)c(O)c2c1C[C@H]1C[C@H]3C(N(C)C)C(=O)C(C(N)=O)=C(O)[C@@]3(O)C(=O)C1=C2O. The number of aliphatic hydroxyl groups excluding tert-OH is 2. The molecule has 6 rings (SSSR count). The van der Waals surface area contributed by atoms with E-state index in [1.165, 1.54) is 23.3 Å². The van der Waals surface area contributed by atoms with Crippen LogP contribution in [0, 0.1) is 17.7 Å². The molecule has 1 aromatic heterocycles. The van der Waals surface area contributed by atoms with Gasteiger partial charge in [0, 0.05) is 48.9 Å². The summed E-state index contributed by atoms with van der Waals surface area (Å²) in [6.45, 7) is -0.0204. The summed E-state index contributed by atoms with van der Waals surface area (Å²) in [6, 6.07) is 6.39. The third-order valence-corrected chi connectivity index (χ3v) is 9.33. The number of carbonyl (C=O) groups excluding carboxylic acids is 3. The number of aromatic nitrogens is 1. The second-order valence-electron chi connectivity index (χ2n) is 12.5. The number of nitrogens with two attached hydrogens (primary N) is 1. The summed E-state index contributed by atoms with van der Waals surface area (Å²) >= 11 is 0. The number of phenolic OH excluding ortho intramolecular Hbond substituents is 1. The van der Waals surface area contributed by atoms with E-state index in [1.54, 1.807) is 51.3 Å². The lowest BCUT2D eigenvalue weighted by atomic mass is 9.57. The van der Waals surface area contributed by atoms with Gasteiger partial charge in [0.05, 0.1) is 11.6 Å². The zero-order chi connectivity index (χ0) is 34.1. The number of hydrogen-bond donors (Lipinski definition) is 6. The van der Waals surface area contributed by atoms with Crippen LogP contribution in [0.5, 0.6) is 5.75 Å². The third-order valence-electron chi connectivity index (χ3n) is 9.33. The highest BCUT2D eigenvalue weighted by molar-refractivity contribution is 6.24. The monoisotopic (exact) mass is 647 g/mol. The molecule has 0 radical (unpaired) electrons. The number of rotatable bonds is 7. The summed E-state index contributed by atoms with van der Waals surface area (Å²) in [4.78, 5) is 47.3. The second-order valence-corrected chi connectivity index (χ2v) is 12.5. The minimum atomic E-state index is -2.73. The van der Waals surface area contributed by atoms with Crippen LogP contribution < -0.4 is 16.0 Å². The predicted molar refractivity (Wildman–Crippen MR) is 168 cm³/mol. The molecule has 47 heavy (non-hydrogen) atoms. The molecule has 3 aliphatic rings. The normalized spacial score (nSPS) is 23.9. The maximum Gasteiger partial charge on any atom is 0.295 e. The van der Waals surface area contributed by atoms with Crippen LogP contribution in [-0.4, -0.2) is 87.6 Å². The largest absolute Gasteiger partial charge is 0.508 e. The molecule has 0 saturated heterocycles. The quantitative estimate of drug-likeness (QED) is 0.205. The van der Waals surface area contributed by atoms with Crippen LogP contribution >= 0.6 is 0 Å². The maximum atomic E-state index is 14.2. The molecule has 0 spiro atoms. The lowest BCUT2D eigenvalue weighted by Crippen LogP contribution is -2.65. The summed E-state index contributed by atoms with van der Waals surface area (Å²) < 4.78 is 18.8. The molecule has 4 atom stereocenters. The first-order chi connectivity index (χ1) is 22.2. The van der Waals surface area contributed by atoms with Crippen molar-refractivity contribution in [1.82, 2.24) is 9.88 Å². The molecule has 0 bridgehead atoms. The van der Waals surface area contributed by atoms with Gasteiger partial charge in [0.2, 0.25) is 5.78 Å². The number of fused-ring (bicyclic) bond motifs is 3. The standard InChI is InChI=1S/C33H34FN5O8/c1-38(2)21-11-16(12-36-32-37-20(13-47-32)14-5-7-17(34)8-6-14)26(40)23-18(21)9-15-10-19-25(39(3)4)28(42)24(31(35)45)30(44)33(19,46)29(43)22(15)27(23)41/h5-8,11,13,15,19,25,40-41,44,46H,9-10,12H2,1-4H3,(H2,35,45)(H,36,37)/t15-,19-,25?,33-/m0/s1. The number of nitrogens with one attached hydrogen (secondary N) is 1. The van der Waals surface area contributed by atoms with Gasteiger partial charge in [0.15, 0.2) is 11.4 Å². The summed E-state index contributed by atoms with van der Waals surface area (Å²) in [7, 11) is 6.66. The van der Waals surface area contributed by atoms with Crippen molar-refractivity contribution < 1.29 is 43.6 Å². The Morgan fingerprint density at radius 3 is 2.45 bits per heavy atom. The molecule has 1 heterocycles. The number of primary amides is 1. The zero-order valence-electron chi connectivity index (χ0n) is 26.0. The van der Waals surface area contributed by atoms with Crippen molar-refractivity contribution in [3.05, 3.63) is 76.0 Å². The Bertz CT molecular complexity index is 1900. The van der Waals surface area contributed by atoms with Gasteiger partial charge in [-0.2, -0.15) is 4.98 Å². The van der Waals surface area contributed by atoms with Crippen LogP contribution in [0.4, 0.5) is 16.1 Å². The summed E-state index contributed by atoms with van der Waals surface area (Å²) in [6.07, 6.45) is 1.54. The van der Waals surface area contributed by atoms with Crippen molar-refractivity contribution in [2.75, 3.05) is 38.4 Å². The fourth-order valence-corrected chi connectivity index (χ4v) is 7.16. The number of aromatic hydroxyl groups is 1. The van der Waals surface area contributed by atoms with Gasteiger partial charge >= 0.3 is 0 Å². The Morgan fingerprint density at radius 2 is 1.83 bits per heavy atom. The number of halogens is 1. The summed E-state index contributed by atoms with van der Waals surface area (Å²) in [5.74, 6) is -7.51. The third kappa shape index (κ3) is 4.82. The molecular formula is C33H34FN5O8. The highest BCUT2D eigenvalue weighted by Crippen LogP contribution is 2.54. The molecule has 1 fully saturated rings. The van der Waals surface area contributed by atoms with E-state index >= 15 is 0 Å². The van der Waals surface area contributed by atoms with Crippen molar-refractivity contribution in [3.63, 3.8) is 0 Å². The molecule has 13 nitrogen and oxygen atoms in total. The number of hydrogen-bond acceptors (Lipinski definition) is 12. The number of oxazole rings is 1. The van der Waals surface area contributed by atoms with E-state index in [0.717, 1.165) is 0 Å². The average Bonchev–Trinajstić information content (AvgIpc) is 3.47. The van der Waals surface area contributed by atoms with Gasteiger partial charge in [-0.1, -0.05) is 0 Å². The summed E-state index contributed by atoms with van der Waals surface area (Å²) in [5, 5.41) is 49.1. The number of amides is 1. The van der Waals surface area contributed by atoms with Crippen molar-refractivity contribution in [2.45, 2.75) is 31.0 Å². The number of phenols is 1. The number of carbonyl (C=O) groups is 3. The smallest absolute Gasteiger partial charge is 0.295 e. The molecule has 1 saturated carbocycles. The van der Waals surface area contributed by atoms with E-state index in [1.807, 2.05) is 0 Å². The molecule has 1 unspecified atom stereocenters. The first-order valence-corrected chi connectivity index (χ1v) is 14.8. The molecule has 3 aromatic rings. The minimum Gasteiger partial charge on any atom is -0.508 e. The number of ketones is 2. The Kier molecular flexibility index (Phi) is 7.60. The van der Waals surface area contributed by atoms with E-state index in [0.29, 0.717) is 28.1 Å². The van der Waals surface area contributed by atoms with Gasteiger partial charge in [-0.3, -0.25) is 19.3 Å². The number of likely N-dealkylation sites (N-methyl/N-ethyl adjacent to an activating group) is 1. The number of nitrogens with zero attached hydrogens (tertiary/aromatic N) is 3. The van der Waals surface area contributed by atoms with Crippen LogP contribution in [0.1, 0.15) is 23.1 Å². The molecule has 2 aromatic carbocycles. The van der Waals surface area contributed by atoms with E-state index in [9.17, 15) is 39.2 Å². The molecule has 1 amide bonds. The Morgan fingerprint density at radius 1 is 1.15 bits per heavy atom. The summed E-state index contributed by atoms with van der Waals surface area (Å²) in [5.41, 5.74) is 4.11. The van der Waals surface area contributed by atoms with E-state index in [4.69, 9.17) is 10.2 Å². The zero-order valence-corrected chi connectivity index (χ0v) is 26.0. The second kappa shape index (κ2) is 11.2. The Balaban J connectivity index is 1.41. The van der Waals surface area contributed by atoms with Gasteiger partial charge in [0.1, 0.15) is 40.6 Å². The van der Waals surface area contributed by atoms with Gasteiger partial charge in [-0.15, -0.1) is 0 Å². The van der Waals surface area contributed by atoms with Crippen LogP contribution in [-0.2, 0) is 27.3 Å². The Hall–Kier alpha value is -5.21. The molecule has 7 N–H and O–H groups in total. The van der Waals surface area contributed by atoms with Crippen molar-refractivity contribution in [2.24, 2.45) is 17.6 Å². The number of Topliss-reactive ketones (excluding diaryl/α,β-unsaturated/α-hetero) is 2. The van der Waals surface area contributed by atoms with Crippen LogP contribution in [0.15, 0.2) is 57.9 Å². The lowest BCUT2D eigenvalue weighted by molar-refractivity contribution is -0.153. The highest BCUT2D eigenvalue weighted by atomic mass is 19.1. The van der Waals surface area contributed by atoms with Gasteiger partial charge < -0.3 is 40.8 Å². The van der Waals surface area contributed by atoms with Crippen molar-refractivity contribution in [1.29, 1.82) is 0 Å². The van der Waals surface area contributed by atoms with Crippen LogP contribution in [0.25, 0.3) is 17.0 Å².